The largest absolute Gasteiger partial charge is 0.511 e. The fourth-order valence-corrected chi connectivity index (χ4v) is 2.78. The highest BCUT2D eigenvalue weighted by atomic mass is 16.7. The van der Waals surface area contributed by atoms with Crippen LogP contribution in [0.3, 0.4) is 0 Å². The van der Waals surface area contributed by atoms with E-state index in [1.165, 1.54) is 11.1 Å². The van der Waals surface area contributed by atoms with Gasteiger partial charge in [-0.2, -0.15) is 0 Å². The Kier molecular flexibility index (Phi) is 4.63. The first-order chi connectivity index (χ1) is 10.1. The van der Waals surface area contributed by atoms with Crippen molar-refractivity contribution in [3.8, 4) is 16.9 Å². The number of rotatable bonds is 4. The van der Waals surface area contributed by atoms with Crippen LogP contribution < -0.4 is 4.74 Å². The van der Waals surface area contributed by atoms with Crippen molar-refractivity contribution in [2.45, 2.75) is 33.6 Å². The third-order valence-electron chi connectivity index (χ3n) is 3.73. The van der Waals surface area contributed by atoms with Gasteiger partial charge < -0.3 is 9.84 Å². The predicted molar refractivity (Wildman–Crippen MR) is 84.0 cm³/mol. The van der Waals surface area contributed by atoms with Crippen molar-refractivity contribution in [3.63, 3.8) is 0 Å². The fourth-order valence-electron chi connectivity index (χ4n) is 2.78. The maximum absolute atomic E-state index is 10.8. The second-order valence-electron chi connectivity index (χ2n) is 4.96. The molecule has 21 heavy (non-hydrogen) atoms. The molecular formula is C18H20O3. The Morgan fingerprint density at radius 3 is 2.24 bits per heavy atom. The highest BCUT2D eigenvalue weighted by Crippen LogP contribution is 2.34. The standard InChI is InChI=1S/C18H20O3/c1-4-13-14(5-2)17(21-18(19)20)11-10-16(13)15-9-7-6-8-12(15)3/h6-11H,4-5H2,1-3H3,(H,19,20). The van der Waals surface area contributed by atoms with Gasteiger partial charge in [0.25, 0.3) is 0 Å². The first kappa shape index (κ1) is 15.1. The summed E-state index contributed by atoms with van der Waals surface area (Å²) in [5.74, 6) is 0.444. The lowest BCUT2D eigenvalue weighted by Gasteiger charge is -2.17. The summed E-state index contributed by atoms with van der Waals surface area (Å²) >= 11 is 0. The lowest BCUT2D eigenvalue weighted by atomic mass is 9.90. The Bertz CT molecular complexity index is 660. The molecule has 0 atom stereocenters. The maximum Gasteiger partial charge on any atom is 0.511 e. The van der Waals surface area contributed by atoms with Gasteiger partial charge in [0.05, 0.1) is 0 Å². The molecule has 0 aromatic heterocycles. The minimum atomic E-state index is -1.27. The van der Waals surface area contributed by atoms with Crippen LogP contribution in [-0.2, 0) is 12.8 Å². The van der Waals surface area contributed by atoms with Gasteiger partial charge in [-0.05, 0) is 53.6 Å². The number of hydrogen-bond donors (Lipinski definition) is 1. The van der Waals surface area contributed by atoms with Crippen LogP contribution in [0.15, 0.2) is 36.4 Å². The lowest BCUT2D eigenvalue weighted by Crippen LogP contribution is -2.07. The molecule has 0 fully saturated rings. The van der Waals surface area contributed by atoms with Crippen LogP contribution in [0.25, 0.3) is 11.1 Å². The summed E-state index contributed by atoms with van der Waals surface area (Å²) in [6.07, 6.45) is 0.310. The molecule has 110 valence electrons. The zero-order chi connectivity index (χ0) is 15.4. The molecule has 0 spiro atoms. The van der Waals surface area contributed by atoms with Gasteiger partial charge in [0, 0.05) is 0 Å². The topological polar surface area (TPSA) is 46.5 Å². The monoisotopic (exact) mass is 284 g/mol. The molecule has 3 nitrogen and oxygen atoms in total. The molecule has 0 heterocycles. The molecule has 2 aromatic carbocycles. The van der Waals surface area contributed by atoms with Crippen molar-refractivity contribution in [1.29, 1.82) is 0 Å². The SMILES string of the molecule is CCc1c(OC(=O)O)ccc(-c2ccccc2C)c1CC. The van der Waals surface area contributed by atoms with E-state index >= 15 is 0 Å². The Morgan fingerprint density at radius 2 is 1.67 bits per heavy atom. The number of benzene rings is 2. The summed E-state index contributed by atoms with van der Waals surface area (Å²) in [7, 11) is 0. The molecule has 3 heteroatoms. The van der Waals surface area contributed by atoms with Gasteiger partial charge in [0.15, 0.2) is 0 Å². The summed E-state index contributed by atoms with van der Waals surface area (Å²) in [6, 6.07) is 11.9. The van der Waals surface area contributed by atoms with Crippen LogP contribution in [0.2, 0.25) is 0 Å². The second kappa shape index (κ2) is 6.44. The molecular weight excluding hydrogens is 264 g/mol. The van der Waals surface area contributed by atoms with Crippen molar-refractivity contribution < 1.29 is 14.6 Å². The first-order valence-electron chi connectivity index (χ1n) is 7.20. The maximum atomic E-state index is 10.8. The van der Waals surface area contributed by atoms with Crippen molar-refractivity contribution in [2.75, 3.05) is 0 Å². The van der Waals surface area contributed by atoms with Crippen molar-refractivity contribution in [2.24, 2.45) is 0 Å². The average molecular weight is 284 g/mol. The lowest BCUT2D eigenvalue weighted by molar-refractivity contribution is 0.144. The second-order valence-corrected chi connectivity index (χ2v) is 4.96. The van der Waals surface area contributed by atoms with Gasteiger partial charge in [-0.3, -0.25) is 0 Å². The van der Waals surface area contributed by atoms with Gasteiger partial charge in [0.2, 0.25) is 0 Å². The van der Waals surface area contributed by atoms with Gasteiger partial charge >= 0.3 is 6.16 Å². The smallest absolute Gasteiger partial charge is 0.449 e. The Balaban J connectivity index is 2.64. The highest BCUT2D eigenvalue weighted by molar-refractivity contribution is 5.74. The molecule has 2 aromatic rings. The van der Waals surface area contributed by atoms with Crippen LogP contribution in [0.5, 0.6) is 5.75 Å². The van der Waals surface area contributed by atoms with E-state index in [1.807, 2.05) is 25.1 Å². The van der Waals surface area contributed by atoms with Crippen molar-refractivity contribution >= 4 is 6.16 Å². The normalized spacial score (nSPS) is 10.4. The fraction of sp³-hybridized carbons (Fsp3) is 0.278. The number of ether oxygens (including phenoxy) is 1. The van der Waals surface area contributed by atoms with Crippen molar-refractivity contribution in [1.82, 2.24) is 0 Å². The molecule has 0 bridgehead atoms. The first-order valence-corrected chi connectivity index (χ1v) is 7.20. The molecule has 0 saturated heterocycles. The zero-order valence-electron chi connectivity index (χ0n) is 12.6. The van der Waals surface area contributed by atoms with Gasteiger partial charge in [-0.25, -0.2) is 4.79 Å². The van der Waals surface area contributed by atoms with E-state index in [2.05, 4.69) is 26.0 Å². The van der Waals surface area contributed by atoms with Crippen LogP contribution in [0, 0.1) is 6.92 Å². The van der Waals surface area contributed by atoms with E-state index in [1.54, 1.807) is 6.07 Å². The Morgan fingerprint density at radius 1 is 1.00 bits per heavy atom. The summed E-state index contributed by atoms with van der Waals surface area (Å²) in [4.78, 5) is 10.8. The number of carbonyl (C=O) groups is 1. The number of aryl methyl sites for hydroxylation is 1. The molecule has 0 saturated carbocycles. The van der Waals surface area contributed by atoms with E-state index in [0.717, 1.165) is 29.5 Å². The molecule has 0 aliphatic rings. The molecule has 0 radical (unpaired) electrons. The molecule has 0 amide bonds. The molecule has 0 aliphatic heterocycles. The average Bonchev–Trinajstić information content (AvgIpc) is 2.47. The van der Waals surface area contributed by atoms with Gasteiger partial charge in [0.1, 0.15) is 5.75 Å². The zero-order valence-corrected chi connectivity index (χ0v) is 12.6. The summed E-state index contributed by atoms with van der Waals surface area (Å²) in [5.41, 5.74) is 5.68. The summed E-state index contributed by atoms with van der Waals surface area (Å²) in [5, 5.41) is 8.86. The van der Waals surface area contributed by atoms with E-state index in [-0.39, 0.29) is 0 Å². The minimum Gasteiger partial charge on any atom is -0.449 e. The van der Waals surface area contributed by atoms with Gasteiger partial charge in [-0.1, -0.05) is 44.2 Å². The minimum absolute atomic E-state index is 0.444. The van der Waals surface area contributed by atoms with E-state index in [0.29, 0.717) is 5.75 Å². The Hall–Kier alpha value is -2.29. The van der Waals surface area contributed by atoms with E-state index in [9.17, 15) is 4.79 Å². The number of carboxylic acid groups (broad SMARTS) is 1. The van der Waals surface area contributed by atoms with E-state index in [4.69, 9.17) is 9.84 Å². The predicted octanol–water partition coefficient (Wildman–Crippen LogP) is 4.84. The molecule has 1 N–H and O–H groups in total. The quantitative estimate of drug-likeness (QED) is 0.645. The van der Waals surface area contributed by atoms with Crippen LogP contribution in [-0.4, -0.2) is 11.3 Å². The van der Waals surface area contributed by atoms with E-state index < -0.39 is 6.16 Å². The third kappa shape index (κ3) is 3.07. The summed E-state index contributed by atoms with van der Waals surface area (Å²) < 4.78 is 4.92. The molecule has 0 aliphatic carbocycles. The van der Waals surface area contributed by atoms with Crippen LogP contribution in [0.1, 0.15) is 30.5 Å². The molecule has 2 rings (SSSR count). The van der Waals surface area contributed by atoms with Crippen LogP contribution in [0.4, 0.5) is 4.79 Å². The highest BCUT2D eigenvalue weighted by Gasteiger charge is 2.15. The van der Waals surface area contributed by atoms with Gasteiger partial charge in [-0.15, -0.1) is 0 Å². The third-order valence-corrected chi connectivity index (χ3v) is 3.73. The number of hydrogen-bond acceptors (Lipinski definition) is 2. The summed E-state index contributed by atoms with van der Waals surface area (Å²) in [6.45, 7) is 6.19. The van der Waals surface area contributed by atoms with Crippen LogP contribution >= 0.6 is 0 Å². The Labute approximate surface area is 125 Å². The molecule has 0 unspecified atom stereocenters. The van der Waals surface area contributed by atoms with Crippen molar-refractivity contribution in [3.05, 3.63) is 53.1 Å².